The number of aryl methyl sites for hydroxylation is 1. The number of hydrogen-bond acceptors (Lipinski definition) is 6. The highest BCUT2D eigenvalue weighted by Gasteiger charge is 2.23. The van der Waals surface area contributed by atoms with Gasteiger partial charge in [0.05, 0.1) is 18.7 Å². The van der Waals surface area contributed by atoms with Gasteiger partial charge in [0.2, 0.25) is 11.8 Å². The highest BCUT2D eigenvalue weighted by Crippen LogP contribution is 2.29. The average molecular weight is 482 g/mol. The van der Waals surface area contributed by atoms with Gasteiger partial charge in [0.15, 0.2) is 0 Å². The van der Waals surface area contributed by atoms with Crippen LogP contribution in [0.5, 0.6) is 0 Å². The summed E-state index contributed by atoms with van der Waals surface area (Å²) in [6, 6.07) is 7.99. The molecular weight excluding hydrogens is 442 g/mol. The normalized spacial score (nSPS) is 21.2. The number of piperidine rings is 1. The summed E-state index contributed by atoms with van der Waals surface area (Å²) in [4.78, 5) is 34.1. The van der Waals surface area contributed by atoms with E-state index in [0.29, 0.717) is 18.4 Å². The minimum absolute atomic E-state index is 0.0964. The molecular formula is C27H39N5O3. The second kappa shape index (κ2) is 11.8. The van der Waals surface area contributed by atoms with E-state index in [1.54, 1.807) is 0 Å². The number of carbonyl (C=O) groups excluding carboxylic acids is 2. The molecule has 2 atom stereocenters. The lowest BCUT2D eigenvalue weighted by Crippen LogP contribution is -2.41. The number of carbonyl (C=O) groups is 2. The SMILES string of the molecule is Cc1cc(N2C[C@H](C)C[C@@H](C)C2)nc2ccc(NC(=O)CCC(=O)NCCN3CCOCC3)cc12. The zero-order chi connectivity index (χ0) is 24.8. The van der Waals surface area contributed by atoms with E-state index in [0.717, 1.165) is 73.9 Å². The third-order valence-electron chi connectivity index (χ3n) is 6.91. The summed E-state index contributed by atoms with van der Waals surface area (Å²) < 4.78 is 5.33. The second-order valence-corrected chi connectivity index (χ2v) is 10.2. The van der Waals surface area contributed by atoms with Crippen molar-refractivity contribution < 1.29 is 14.3 Å². The number of rotatable bonds is 8. The zero-order valence-corrected chi connectivity index (χ0v) is 21.3. The Balaban J connectivity index is 1.28. The van der Waals surface area contributed by atoms with E-state index >= 15 is 0 Å². The molecule has 1 aromatic heterocycles. The molecule has 0 aliphatic carbocycles. The average Bonchev–Trinajstić information content (AvgIpc) is 2.83. The lowest BCUT2D eigenvalue weighted by atomic mass is 9.92. The van der Waals surface area contributed by atoms with Crippen LogP contribution in [0.2, 0.25) is 0 Å². The molecule has 8 heteroatoms. The van der Waals surface area contributed by atoms with Crippen LogP contribution in [0, 0.1) is 18.8 Å². The zero-order valence-electron chi connectivity index (χ0n) is 21.3. The van der Waals surface area contributed by atoms with Crippen LogP contribution < -0.4 is 15.5 Å². The van der Waals surface area contributed by atoms with E-state index in [1.165, 1.54) is 6.42 Å². The van der Waals surface area contributed by atoms with Crippen LogP contribution in [0.4, 0.5) is 11.5 Å². The monoisotopic (exact) mass is 481 g/mol. The summed E-state index contributed by atoms with van der Waals surface area (Å²) in [5.74, 6) is 2.11. The second-order valence-electron chi connectivity index (χ2n) is 10.2. The van der Waals surface area contributed by atoms with Crippen LogP contribution in [0.1, 0.15) is 38.7 Å². The lowest BCUT2D eigenvalue weighted by molar-refractivity contribution is -0.124. The Hall–Kier alpha value is -2.71. The van der Waals surface area contributed by atoms with E-state index in [4.69, 9.17) is 9.72 Å². The number of anilines is 2. The highest BCUT2D eigenvalue weighted by molar-refractivity contribution is 5.96. The molecule has 0 unspecified atom stereocenters. The molecule has 0 spiro atoms. The molecule has 3 heterocycles. The summed E-state index contributed by atoms with van der Waals surface area (Å²) in [6.07, 6.45) is 1.60. The van der Waals surface area contributed by atoms with E-state index in [1.807, 2.05) is 18.2 Å². The van der Waals surface area contributed by atoms with Gasteiger partial charge in [0.1, 0.15) is 5.82 Å². The number of morpholine rings is 1. The number of pyridine rings is 1. The largest absolute Gasteiger partial charge is 0.379 e. The van der Waals surface area contributed by atoms with Crippen LogP contribution in [-0.2, 0) is 14.3 Å². The first-order valence-corrected chi connectivity index (χ1v) is 12.9. The van der Waals surface area contributed by atoms with Gasteiger partial charge in [0, 0.05) is 63.2 Å². The first kappa shape index (κ1) is 25.4. The van der Waals surface area contributed by atoms with Crippen molar-refractivity contribution in [3.8, 4) is 0 Å². The third kappa shape index (κ3) is 7.15. The predicted octanol–water partition coefficient (Wildman–Crippen LogP) is 3.19. The van der Waals surface area contributed by atoms with Crippen molar-refractivity contribution in [2.24, 2.45) is 11.8 Å². The minimum Gasteiger partial charge on any atom is -0.379 e. The lowest BCUT2D eigenvalue weighted by Gasteiger charge is -2.36. The number of hydrogen-bond donors (Lipinski definition) is 2. The van der Waals surface area contributed by atoms with Gasteiger partial charge in [-0.1, -0.05) is 13.8 Å². The molecule has 35 heavy (non-hydrogen) atoms. The van der Waals surface area contributed by atoms with Gasteiger partial charge in [-0.05, 0) is 55.0 Å². The Bertz CT molecular complexity index is 1030. The highest BCUT2D eigenvalue weighted by atomic mass is 16.5. The predicted molar refractivity (Wildman–Crippen MR) is 140 cm³/mol. The van der Waals surface area contributed by atoms with Crippen molar-refractivity contribution >= 4 is 34.2 Å². The molecule has 2 aromatic rings. The summed E-state index contributed by atoms with van der Waals surface area (Å²) in [6.45, 7) is 13.5. The Kier molecular flexibility index (Phi) is 8.57. The fourth-order valence-electron chi connectivity index (χ4n) is 5.18. The molecule has 2 aliphatic rings. The van der Waals surface area contributed by atoms with Crippen LogP contribution in [-0.4, -0.2) is 74.2 Å². The molecule has 4 rings (SSSR count). The topological polar surface area (TPSA) is 86.8 Å². The van der Waals surface area contributed by atoms with Crippen LogP contribution in [0.3, 0.4) is 0 Å². The van der Waals surface area contributed by atoms with Crippen molar-refractivity contribution in [3.63, 3.8) is 0 Å². The number of ether oxygens (including phenoxy) is 1. The first-order valence-electron chi connectivity index (χ1n) is 12.9. The molecule has 2 fully saturated rings. The minimum atomic E-state index is -0.161. The molecule has 1 aromatic carbocycles. The van der Waals surface area contributed by atoms with E-state index in [-0.39, 0.29) is 24.7 Å². The Morgan fingerprint density at radius 1 is 1.06 bits per heavy atom. The van der Waals surface area contributed by atoms with E-state index in [2.05, 4.69) is 47.3 Å². The maximum Gasteiger partial charge on any atom is 0.224 e. The number of aromatic nitrogens is 1. The van der Waals surface area contributed by atoms with Gasteiger partial charge in [0.25, 0.3) is 0 Å². The van der Waals surface area contributed by atoms with Gasteiger partial charge < -0.3 is 20.3 Å². The van der Waals surface area contributed by atoms with Gasteiger partial charge in [-0.15, -0.1) is 0 Å². The number of nitrogens with one attached hydrogen (secondary N) is 2. The first-order chi connectivity index (χ1) is 16.9. The Labute approximate surface area is 208 Å². The Morgan fingerprint density at radius 3 is 2.51 bits per heavy atom. The standard InChI is InChI=1S/C27H39N5O3/c1-19-14-20(2)18-32(17-19)25-15-21(3)23-16-22(4-5-24(23)30-25)29-27(34)7-6-26(33)28-8-9-31-10-12-35-13-11-31/h4-5,15-16,19-20H,6-14,17-18H2,1-3H3,(H,28,33)(H,29,34)/t19-,20-/m1/s1. The molecule has 0 radical (unpaired) electrons. The van der Waals surface area contributed by atoms with Crippen LogP contribution in [0.25, 0.3) is 10.9 Å². The van der Waals surface area contributed by atoms with Crippen molar-refractivity contribution in [2.75, 3.05) is 62.7 Å². The van der Waals surface area contributed by atoms with E-state index < -0.39 is 0 Å². The Morgan fingerprint density at radius 2 is 1.77 bits per heavy atom. The maximum absolute atomic E-state index is 12.4. The van der Waals surface area contributed by atoms with Gasteiger partial charge in [-0.2, -0.15) is 0 Å². The van der Waals surface area contributed by atoms with Crippen molar-refractivity contribution in [1.82, 2.24) is 15.2 Å². The molecule has 0 saturated carbocycles. The van der Waals surface area contributed by atoms with Gasteiger partial charge in [-0.25, -0.2) is 4.98 Å². The number of fused-ring (bicyclic) bond motifs is 1. The van der Waals surface area contributed by atoms with Crippen molar-refractivity contribution in [3.05, 3.63) is 29.8 Å². The smallest absolute Gasteiger partial charge is 0.224 e. The summed E-state index contributed by atoms with van der Waals surface area (Å²) >= 11 is 0. The van der Waals surface area contributed by atoms with Crippen LogP contribution >= 0.6 is 0 Å². The number of amides is 2. The maximum atomic E-state index is 12.4. The quantitative estimate of drug-likeness (QED) is 0.602. The molecule has 2 aliphatic heterocycles. The van der Waals surface area contributed by atoms with Crippen molar-refractivity contribution in [2.45, 2.75) is 40.0 Å². The summed E-state index contributed by atoms with van der Waals surface area (Å²) in [7, 11) is 0. The van der Waals surface area contributed by atoms with E-state index in [9.17, 15) is 9.59 Å². The van der Waals surface area contributed by atoms with Crippen LogP contribution in [0.15, 0.2) is 24.3 Å². The molecule has 190 valence electrons. The third-order valence-corrected chi connectivity index (χ3v) is 6.91. The molecule has 2 N–H and O–H groups in total. The summed E-state index contributed by atoms with van der Waals surface area (Å²) in [5.41, 5.74) is 2.81. The number of nitrogens with zero attached hydrogens (tertiary/aromatic N) is 3. The van der Waals surface area contributed by atoms with Gasteiger partial charge in [-0.3, -0.25) is 14.5 Å². The summed E-state index contributed by atoms with van der Waals surface area (Å²) in [5, 5.41) is 6.87. The molecule has 8 nitrogen and oxygen atoms in total. The fraction of sp³-hybridized carbons (Fsp3) is 0.593. The molecule has 0 bridgehead atoms. The number of benzene rings is 1. The molecule has 2 amide bonds. The van der Waals surface area contributed by atoms with Gasteiger partial charge >= 0.3 is 0 Å². The van der Waals surface area contributed by atoms with Crippen molar-refractivity contribution in [1.29, 1.82) is 0 Å². The fourth-order valence-corrected chi connectivity index (χ4v) is 5.18. The molecule has 2 saturated heterocycles.